The summed E-state index contributed by atoms with van der Waals surface area (Å²) < 4.78 is 0. The molecule has 6 rings (SSSR count). The van der Waals surface area contributed by atoms with E-state index in [1.165, 1.54) is 71.6 Å². The van der Waals surface area contributed by atoms with Crippen LogP contribution in [0.2, 0.25) is 0 Å². The molecule has 0 aliphatic carbocycles. The van der Waals surface area contributed by atoms with Gasteiger partial charge in [-0.25, -0.2) is 0 Å². The second-order valence-electron chi connectivity index (χ2n) is 9.90. The Morgan fingerprint density at radius 2 is 0.972 bits per heavy atom. The van der Waals surface area contributed by atoms with Crippen LogP contribution < -0.4 is 0 Å². The molecule has 174 valence electrons. The highest BCUT2D eigenvalue weighted by molar-refractivity contribution is 6.14. The van der Waals surface area contributed by atoms with Crippen LogP contribution in [0.5, 0.6) is 0 Å². The van der Waals surface area contributed by atoms with Gasteiger partial charge in [0, 0.05) is 18.0 Å². The minimum atomic E-state index is 1.16. The SMILES string of the molecule is Cc1cc(-c2cc(C)c(-c3cc4ccccc4c4ccccc34)cc2C)c(C)cc1-c1cccnc1. The molecular weight excluding hydrogens is 434 g/mol. The molecule has 0 atom stereocenters. The number of rotatable bonds is 3. The van der Waals surface area contributed by atoms with Crippen LogP contribution >= 0.6 is 0 Å². The van der Waals surface area contributed by atoms with Crippen LogP contribution in [0.3, 0.4) is 0 Å². The van der Waals surface area contributed by atoms with E-state index >= 15 is 0 Å². The van der Waals surface area contributed by atoms with Crippen molar-refractivity contribution >= 4 is 21.5 Å². The molecule has 0 bridgehead atoms. The van der Waals surface area contributed by atoms with E-state index in [0.29, 0.717) is 0 Å². The topological polar surface area (TPSA) is 12.9 Å². The fourth-order valence-electron chi connectivity index (χ4n) is 5.61. The zero-order valence-corrected chi connectivity index (χ0v) is 21.3. The predicted molar refractivity (Wildman–Crippen MR) is 155 cm³/mol. The second-order valence-corrected chi connectivity index (χ2v) is 9.90. The summed E-state index contributed by atoms with van der Waals surface area (Å²) in [6.07, 6.45) is 3.77. The number of benzene rings is 5. The number of fused-ring (bicyclic) bond motifs is 3. The molecule has 6 aromatic rings. The Balaban J connectivity index is 1.52. The van der Waals surface area contributed by atoms with Gasteiger partial charge in [0.2, 0.25) is 0 Å². The van der Waals surface area contributed by atoms with Crippen molar-refractivity contribution in [2.24, 2.45) is 0 Å². The van der Waals surface area contributed by atoms with Gasteiger partial charge in [0.05, 0.1) is 0 Å². The first-order chi connectivity index (χ1) is 17.5. The highest BCUT2D eigenvalue weighted by Crippen LogP contribution is 2.40. The monoisotopic (exact) mass is 463 g/mol. The highest BCUT2D eigenvalue weighted by Gasteiger charge is 2.15. The molecule has 0 aliphatic heterocycles. The van der Waals surface area contributed by atoms with Crippen molar-refractivity contribution in [2.45, 2.75) is 27.7 Å². The highest BCUT2D eigenvalue weighted by atomic mass is 14.6. The lowest BCUT2D eigenvalue weighted by Gasteiger charge is -2.18. The van der Waals surface area contributed by atoms with Crippen LogP contribution in [0.1, 0.15) is 22.3 Å². The van der Waals surface area contributed by atoms with Gasteiger partial charge in [-0.05, 0) is 111 Å². The van der Waals surface area contributed by atoms with Crippen LogP contribution in [0.15, 0.2) is 103 Å². The summed E-state index contributed by atoms with van der Waals surface area (Å²) in [6, 6.07) is 33.4. The number of pyridine rings is 1. The summed E-state index contributed by atoms with van der Waals surface area (Å²) in [5.74, 6) is 0. The van der Waals surface area contributed by atoms with Crippen molar-refractivity contribution in [2.75, 3.05) is 0 Å². The zero-order chi connectivity index (χ0) is 24.8. The van der Waals surface area contributed by atoms with Crippen LogP contribution in [-0.4, -0.2) is 4.98 Å². The maximum absolute atomic E-state index is 4.32. The summed E-state index contributed by atoms with van der Waals surface area (Å²) in [4.78, 5) is 4.32. The van der Waals surface area contributed by atoms with Crippen molar-refractivity contribution in [1.29, 1.82) is 0 Å². The summed E-state index contributed by atoms with van der Waals surface area (Å²) in [6.45, 7) is 8.90. The van der Waals surface area contributed by atoms with Gasteiger partial charge in [0.15, 0.2) is 0 Å². The third kappa shape index (κ3) is 3.69. The average molecular weight is 464 g/mol. The van der Waals surface area contributed by atoms with E-state index in [0.717, 1.165) is 5.56 Å². The Morgan fingerprint density at radius 3 is 1.61 bits per heavy atom. The quantitative estimate of drug-likeness (QED) is 0.238. The average Bonchev–Trinajstić information content (AvgIpc) is 2.91. The van der Waals surface area contributed by atoms with Crippen molar-refractivity contribution in [3.63, 3.8) is 0 Å². The van der Waals surface area contributed by atoms with Gasteiger partial charge in [-0.3, -0.25) is 4.98 Å². The van der Waals surface area contributed by atoms with E-state index in [4.69, 9.17) is 0 Å². The third-order valence-corrected chi connectivity index (χ3v) is 7.46. The third-order valence-electron chi connectivity index (χ3n) is 7.46. The minimum Gasteiger partial charge on any atom is -0.264 e. The Hall–Kier alpha value is -4.23. The molecule has 0 aliphatic rings. The van der Waals surface area contributed by atoms with Crippen LogP contribution in [0.25, 0.3) is 54.9 Å². The zero-order valence-electron chi connectivity index (χ0n) is 21.3. The van der Waals surface area contributed by atoms with E-state index < -0.39 is 0 Å². The minimum absolute atomic E-state index is 1.16. The standard InChI is InChI=1S/C35H29N/c1-22-17-32(23(2)16-31(22)27-11-9-15-36-21-27)33-18-25(4)34(19-24(33)3)35-20-26-10-5-6-12-28(26)29-13-7-8-14-30(29)35/h5-21H,1-4H3. The van der Waals surface area contributed by atoms with Gasteiger partial charge < -0.3 is 0 Å². The van der Waals surface area contributed by atoms with Gasteiger partial charge in [0.25, 0.3) is 0 Å². The number of hydrogen-bond acceptors (Lipinski definition) is 1. The molecule has 0 saturated carbocycles. The predicted octanol–water partition coefficient (Wildman–Crippen LogP) is 9.62. The van der Waals surface area contributed by atoms with Gasteiger partial charge >= 0.3 is 0 Å². The molecule has 1 heterocycles. The van der Waals surface area contributed by atoms with Gasteiger partial charge in [-0.2, -0.15) is 0 Å². The maximum Gasteiger partial charge on any atom is 0.0346 e. The van der Waals surface area contributed by atoms with Crippen molar-refractivity contribution < 1.29 is 0 Å². The first kappa shape index (κ1) is 22.2. The second kappa shape index (κ2) is 8.77. The van der Waals surface area contributed by atoms with Gasteiger partial charge in [0.1, 0.15) is 0 Å². The number of nitrogens with zero attached hydrogens (tertiary/aromatic N) is 1. The molecule has 0 fully saturated rings. The molecule has 1 aromatic heterocycles. The molecule has 5 aromatic carbocycles. The molecule has 0 saturated heterocycles. The maximum atomic E-state index is 4.32. The van der Waals surface area contributed by atoms with Crippen molar-refractivity contribution in [1.82, 2.24) is 4.98 Å². The van der Waals surface area contributed by atoms with Crippen molar-refractivity contribution in [3.8, 4) is 33.4 Å². The van der Waals surface area contributed by atoms with E-state index in [2.05, 4.69) is 118 Å². The molecule has 0 amide bonds. The fraction of sp³-hybridized carbons (Fsp3) is 0.114. The van der Waals surface area contributed by atoms with Crippen molar-refractivity contribution in [3.05, 3.63) is 126 Å². The lowest BCUT2D eigenvalue weighted by molar-refractivity contribution is 1.31. The normalized spacial score (nSPS) is 11.3. The molecular formula is C35H29N. The molecule has 1 nitrogen and oxygen atoms in total. The summed E-state index contributed by atoms with van der Waals surface area (Å²) in [7, 11) is 0. The number of aromatic nitrogens is 1. The Labute approximate surface area is 213 Å². The van der Waals surface area contributed by atoms with E-state index in [1.54, 1.807) is 0 Å². The molecule has 0 unspecified atom stereocenters. The first-order valence-corrected chi connectivity index (χ1v) is 12.6. The Kier molecular flexibility index (Phi) is 5.42. The Morgan fingerprint density at radius 1 is 0.444 bits per heavy atom. The lowest BCUT2D eigenvalue weighted by atomic mass is 9.86. The number of aryl methyl sites for hydroxylation is 4. The fourth-order valence-corrected chi connectivity index (χ4v) is 5.61. The van der Waals surface area contributed by atoms with Crippen LogP contribution in [0, 0.1) is 27.7 Å². The number of hydrogen-bond donors (Lipinski definition) is 0. The molecule has 0 spiro atoms. The largest absolute Gasteiger partial charge is 0.264 e. The van der Waals surface area contributed by atoms with Gasteiger partial charge in [-0.1, -0.05) is 78.9 Å². The lowest BCUT2D eigenvalue weighted by Crippen LogP contribution is -1.95. The smallest absolute Gasteiger partial charge is 0.0346 e. The summed E-state index contributed by atoms with van der Waals surface area (Å²) >= 11 is 0. The van der Waals surface area contributed by atoms with Crippen LogP contribution in [0.4, 0.5) is 0 Å². The van der Waals surface area contributed by atoms with Crippen LogP contribution in [-0.2, 0) is 0 Å². The van der Waals surface area contributed by atoms with E-state index in [1.807, 2.05) is 18.5 Å². The summed E-state index contributed by atoms with van der Waals surface area (Å²) in [5, 5.41) is 5.20. The molecule has 0 radical (unpaired) electrons. The first-order valence-electron chi connectivity index (χ1n) is 12.6. The van der Waals surface area contributed by atoms with Gasteiger partial charge in [-0.15, -0.1) is 0 Å². The summed E-state index contributed by atoms with van der Waals surface area (Å²) in [5.41, 5.74) is 12.8. The van der Waals surface area contributed by atoms with E-state index in [-0.39, 0.29) is 0 Å². The molecule has 36 heavy (non-hydrogen) atoms. The molecule has 0 N–H and O–H groups in total. The Bertz CT molecular complexity index is 1760. The molecule has 1 heteroatoms. The van der Waals surface area contributed by atoms with E-state index in [9.17, 15) is 0 Å².